The lowest BCUT2D eigenvalue weighted by molar-refractivity contribution is -0.135. The molecule has 6 heteroatoms. The number of nitrogens with zero attached hydrogens (tertiary/aromatic N) is 1. The summed E-state index contributed by atoms with van der Waals surface area (Å²) in [5, 5.41) is 2.52. The highest BCUT2D eigenvalue weighted by atomic mass is 35.5. The van der Waals surface area contributed by atoms with E-state index in [-0.39, 0.29) is 23.1 Å². The summed E-state index contributed by atoms with van der Waals surface area (Å²) in [7, 11) is 0. The van der Waals surface area contributed by atoms with E-state index in [1.807, 2.05) is 0 Å². The summed E-state index contributed by atoms with van der Waals surface area (Å²) < 4.78 is 0. The van der Waals surface area contributed by atoms with Gasteiger partial charge in [-0.05, 0) is 17.7 Å². The lowest BCUT2D eigenvalue weighted by Crippen LogP contribution is -2.31. The molecule has 0 spiro atoms. The molecule has 1 aliphatic heterocycles. The molecule has 1 N–H and O–H groups in total. The topological polar surface area (TPSA) is 66.5 Å². The van der Waals surface area contributed by atoms with Crippen LogP contribution in [0.5, 0.6) is 0 Å². The normalized spacial score (nSPS) is 14.7. The number of carbonyl (C=O) groups excluding carboxylic acids is 3. The summed E-state index contributed by atoms with van der Waals surface area (Å²) in [6, 6.07) is 6.54. The van der Waals surface area contributed by atoms with E-state index in [0.717, 1.165) is 4.90 Å². The van der Waals surface area contributed by atoms with Gasteiger partial charge in [-0.15, -0.1) is 6.58 Å². The van der Waals surface area contributed by atoms with E-state index in [9.17, 15) is 14.4 Å². The lowest BCUT2D eigenvalue weighted by Gasteiger charge is -2.11. The number of amides is 3. The monoisotopic (exact) mass is 304 g/mol. The molecule has 0 atom stereocenters. The number of carbonyl (C=O) groups is 3. The average Bonchev–Trinajstić information content (AvgIpc) is 2.64. The third-order valence-corrected chi connectivity index (χ3v) is 3.27. The molecule has 1 heterocycles. The third kappa shape index (κ3) is 2.87. The second-order valence-electron chi connectivity index (χ2n) is 4.46. The van der Waals surface area contributed by atoms with Crippen molar-refractivity contribution in [2.75, 3.05) is 11.9 Å². The minimum absolute atomic E-state index is 0.103. The largest absolute Gasteiger partial charge is 0.326 e. The van der Waals surface area contributed by atoms with Gasteiger partial charge < -0.3 is 5.32 Å². The maximum atomic E-state index is 12.2. The van der Waals surface area contributed by atoms with Crippen LogP contribution in [-0.2, 0) is 14.4 Å². The Kier molecular flexibility index (Phi) is 4.23. The Hall–Kier alpha value is -2.40. The van der Waals surface area contributed by atoms with E-state index in [0.29, 0.717) is 11.3 Å². The van der Waals surface area contributed by atoms with Crippen LogP contribution >= 0.6 is 11.6 Å². The van der Waals surface area contributed by atoms with Crippen LogP contribution in [0.3, 0.4) is 0 Å². The number of rotatable bonds is 4. The zero-order chi connectivity index (χ0) is 15.6. The van der Waals surface area contributed by atoms with E-state index >= 15 is 0 Å². The highest BCUT2D eigenvalue weighted by Crippen LogP contribution is 2.32. The molecule has 0 saturated heterocycles. The minimum atomic E-state index is -0.525. The quantitative estimate of drug-likeness (QED) is 0.684. The molecule has 21 heavy (non-hydrogen) atoms. The van der Waals surface area contributed by atoms with Crippen LogP contribution in [0.25, 0.3) is 5.57 Å². The van der Waals surface area contributed by atoms with E-state index in [4.69, 9.17) is 11.6 Å². The molecule has 5 nitrogen and oxygen atoms in total. The molecule has 3 amide bonds. The van der Waals surface area contributed by atoms with Gasteiger partial charge in [-0.2, -0.15) is 0 Å². The van der Waals surface area contributed by atoms with Crippen molar-refractivity contribution in [1.29, 1.82) is 0 Å². The van der Waals surface area contributed by atoms with E-state index < -0.39 is 11.8 Å². The predicted molar refractivity (Wildman–Crippen MR) is 80.4 cm³/mol. The molecule has 0 radical (unpaired) electrons. The van der Waals surface area contributed by atoms with Crippen molar-refractivity contribution >= 4 is 40.6 Å². The number of hydrogen-bond donors (Lipinski definition) is 1. The number of hydrogen-bond acceptors (Lipinski definition) is 3. The number of imide groups is 1. The van der Waals surface area contributed by atoms with Crippen molar-refractivity contribution in [3.63, 3.8) is 0 Å². The Bertz CT molecular complexity index is 662. The Morgan fingerprint density at radius 3 is 2.43 bits per heavy atom. The SMILES string of the molecule is C=CCN1C(=O)C(Cl)=C(c2ccc(NC(C)=O)cc2)C1=O. The summed E-state index contributed by atoms with van der Waals surface area (Å²) >= 11 is 5.98. The van der Waals surface area contributed by atoms with Crippen LogP contribution in [0.15, 0.2) is 42.0 Å². The van der Waals surface area contributed by atoms with Crippen LogP contribution in [0.1, 0.15) is 12.5 Å². The summed E-state index contributed by atoms with van der Waals surface area (Å²) in [6.07, 6.45) is 1.46. The Labute approximate surface area is 126 Å². The molecule has 2 rings (SSSR count). The molecule has 0 aliphatic carbocycles. The van der Waals surface area contributed by atoms with Gasteiger partial charge in [0.25, 0.3) is 11.8 Å². The Balaban J connectivity index is 2.33. The highest BCUT2D eigenvalue weighted by Gasteiger charge is 2.37. The number of nitrogens with one attached hydrogen (secondary N) is 1. The molecular formula is C15H13ClN2O3. The number of halogens is 1. The van der Waals surface area contributed by atoms with Gasteiger partial charge >= 0.3 is 0 Å². The van der Waals surface area contributed by atoms with Gasteiger partial charge in [0, 0.05) is 19.2 Å². The van der Waals surface area contributed by atoms with Gasteiger partial charge in [0.15, 0.2) is 0 Å². The fraction of sp³-hybridized carbons (Fsp3) is 0.133. The van der Waals surface area contributed by atoms with Crippen LogP contribution < -0.4 is 5.32 Å². The summed E-state index contributed by atoms with van der Waals surface area (Å²) in [5.41, 5.74) is 1.29. The molecule has 0 bridgehead atoms. The van der Waals surface area contributed by atoms with Gasteiger partial charge in [-0.3, -0.25) is 19.3 Å². The van der Waals surface area contributed by atoms with Crippen molar-refractivity contribution in [2.24, 2.45) is 0 Å². The zero-order valence-corrected chi connectivity index (χ0v) is 12.1. The van der Waals surface area contributed by atoms with E-state index in [2.05, 4.69) is 11.9 Å². The van der Waals surface area contributed by atoms with Crippen molar-refractivity contribution in [3.8, 4) is 0 Å². The first-order valence-electron chi connectivity index (χ1n) is 6.20. The van der Waals surface area contributed by atoms with Gasteiger partial charge in [0.05, 0.1) is 5.57 Å². The van der Waals surface area contributed by atoms with E-state index in [1.165, 1.54) is 13.0 Å². The highest BCUT2D eigenvalue weighted by molar-refractivity contribution is 6.55. The van der Waals surface area contributed by atoms with E-state index in [1.54, 1.807) is 24.3 Å². The smallest absolute Gasteiger partial charge is 0.273 e. The fourth-order valence-corrected chi connectivity index (χ4v) is 2.31. The average molecular weight is 305 g/mol. The second kappa shape index (κ2) is 5.93. The van der Waals surface area contributed by atoms with Crippen molar-refractivity contribution in [2.45, 2.75) is 6.92 Å². The molecular weight excluding hydrogens is 292 g/mol. The van der Waals surface area contributed by atoms with Crippen LogP contribution in [0, 0.1) is 0 Å². The Morgan fingerprint density at radius 1 is 1.29 bits per heavy atom. The van der Waals surface area contributed by atoms with Gasteiger partial charge in [0.1, 0.15) is 5.03 Å². The lowest BCUT2D eigenvalue weighted by atomic mass is 10.1. The molecule has 0 aromatic heterocycles. The standard InChI is InChI=1S/C15H13ClN2O3/c1-3-8-18-14(20)12(13(16)15(18)21)10-4-6-11(7-5-10)17-9(2)19/h3-7H,1,8H2,2H3,(H,17,19). The summed E-state index contributed by atoms with van der Waals surface area (Å²) in [5.74, 6) is -1.16. The summed E-state index contributed by atoms with van der Waals surface area (Å²) in [4.78, 5) is 36.1. The first kappa shape index (κ1) is 15.0. The molecule has 1 aromatic rings. The van der Waals surface area contributed by atoms with Gasteiger partial charge in [0.2, 0.25) is 5.91 Å². The Morgan fingerprint density at radius 2 is 1.90 bits per heavy atom. The van der Waals surface area contributed by atoms with Crippen molar-refractivity contribution in [3.05, 3.63) is 47.5 Å². The molecule has 1 aliphatic rings. The first-order valence-corrected chi connectivity index (χ1v) is 6.58. The third-order valence-electron chi connectivity index (χ3n) is 2.92. The van der Waals surface area contributed by atoms with Crippen LogP contribution in [-0.4, -0.2) is 29.2 Å². The van der Waals surface area contributed by atoms with Crippen molar-refractivity contribution < 1.29 is 14.4 Å². The predicted octanol–water partition coefficient (Wildman–Crippen LogP) is 2.15. The maximum Gasteiger partial charge on any atom is 0.273 e. The maximum absolute atomic E-state index is 12.2. The number of benzene rings is 1. The van der Waals surface area contributed by atoms with Crippen LogP contribution in [0.4, 0.5) is 5.69 Å². The molecule has 0 unspecified atom stereocenters. The first-order chi connectivity index (χ1) is 9.95. The molecule has 0 saturated carbocycles. The second-order valence-corrected chi connectivity index (χ2v) is 4.84. The zero-order valence-electron chi connectivity index (χ0n) is 11.4. The van der Waals surface area contributed by atoms with Gasteiger partial charge in [-0.25, -0.2) is 0 Å². The van der Waals surface area contributed by atoms with Crippen LogP contribution in [0.2, 0.25) is 0 Å². The molecule has 108 valence electrons. The summed E-state index contributed by atoms with van der Waals surface area (Å²) in [6.45, 7) is 5.02. The molecule has 0 fully saturated rings. The number of anilines is 1. The fourth-order valence-electron chi connectivity index (χ4n) is 2.02. The van der Waals surface area contributed by atoms with Crippen molar-refractivity contribution in [1.82, 2.24) is 4.90 Å². The molecule has 1 aromatic carbocycles. The van der Waals surface area contributed by atoms with Gasteiger partial charge in [-0.1, -0.05) is 29.8 Å². The minimum Gasteiger partial charge on any atom is -0.326 e.